The van der Waals surface area contributed by atoms with Crippen molar-refractivity contribution in [1.29, 1.82) is 0 Å². The van der Waals surface area contributed by atoms with Crippen molar-refractivity contribution >= 4 is 40.3 Å². The molecule has 2 aromatic rings. The number of urea groups is 1. The maximum Gasteiger partial charge on any atom is 0.320 e. The Bertz CT molecular complexity index is 920. The first-order valence-electron chi connectivity index (χ1n) is 7.94. The third kappa shape index (κ3) is 5.40. The number of hydrogen-bond acceptors (Lipinski definition) is 5. The van der Waals surface area contributed by atoms with E-state index in [1.165, 1.54) is 11.3 Å². The molecule has 27 heavy (non-hydrogen) atoms. The molecule has 0 saturated carbocycles. The van der Waals surface area contributed by atoms with E-state index in [0.29, 0.717) is 0 Å². The molecule has 2 rings (SSSR count). The predicted octanol–water partition coefficient (Wildman–Crippen LogP) is 2.13. The Morgan fingerprint density at radius 2 is 1.93 bits per heavy atom. The van der Waals surface area contributed by atoms with Gasteiger partial charge in [0.2, 0.25) is 0 Å². The Balaban J connectivity index is 2.35. The van der Waals surface area contributed by atoms with Crippen LogP contribution in [0.25, 0.3) is 16.5 Å². The molecule has 0 unspecified atom stereocenters. The van der Waals surface area contributed by atoms with Crippen LogP contribution in [0, 0.1) is 6.92 Å². The maximum absolute atomic E-state index is 11.6. The molecule has 1 atom stereocenters. The maximum atomic E-state index is 11.6. The first-order chi connectivity index (χ1) is 12.7. The summed E-state index contributed by atoms with van der Waals surface area (Å²) in [5.74, 6) is -1.73. The van der Waals surface area contributed by atoms with Gasteiger partial charge in [-0.3, -0.25) is 14.9 Å². The van der Waals surface area contributed by atoms with Gasteiger partial charge in [-0.25, -0.2) is 4.79 Å². The summed E-state index contributed by atoms with van der Waals surface area (Å²) in [7, 11) is 0. The topological polar surface area (TPSA) is 162 Å². The van der Waals surface area contributed by atoms with Gasteiger partial charge in [-0.05, 0) is 42.2 Å². The standard InChI is InChI=1S/C18H20N4O4S/c1-9-5-10(3-2-4-13(19)17(24)25)7-11(6-9)14-8-12(15(20)23)16(27-14)22-18(21)26/h2-3,5-8,13H,4,19H2,1H3,(H2,20,23)(H,24,25)(H3,21,22,26)/t13-/m0/s1. The molecule has 3 amide bonds. The molecule has 0 radical (unpaired) electrons. The number of aryl methyl sites for hydroxylation is 1. The van der Waals surface area contributed by atoms with Crippen LogP contribution in [-0.2, 0) is 4.79 Å². The van der Waals surface area contributed by atoms with E-state index in [1.54, 1.807) is 18.2 Å². The van der Waals surface area contributed by atoms with Crippen LogP contribution < -0.4 is 22.5 Å². The van der Waals surface area contributed by atoms with Gasteiger partial charge in [-0.1, -0.05) is 24.3 Å². The minimum atomic E-state index is -1.06. The fourth-order valence-electron chi connectivity index (χ4n) is 2.42. The van der Waals surface area contributed by atoms with Crippen LogP contribution in [0.5, 0.6) is 0 Å². The number of thiophene rings is 1. The minimum Gasteiger partial charge on any atom is -0.480 e. The molecular weight excluding hydrogens is 368 g/mol. The van der Waals surface area contributed by atoms with Crippen molar-refractivity contribution in [3.8, 4) is 10.4 Å². The van der Waals surface area contributed by atoms with E-state index in [-0.39, 0.29) is 17.0 Å². The van der Waals surface area contributed by atoms with Gasteiger partial charge in [0.05, 0.1) is 5.56 Å². The lowest BCUT2D eigenvalue weighted by atomic mass is 10.0. The SMILES string of the molecule is Cc1cc(C=CC[C@H](N)C(=O)O)cc(-c2cc(C(N)=O)c(NC(N)=O)s2)c1. The second-order valence-electron chi connectivity index (χ2n) is 5.92. The highest BCUT2D eigenvalue weighted by Crippen LogP contribution is 2.36. The summed E-state index contributed by atoms with van der Waals surface area (Å²) >= 11 is 1.18. The van der Waals surface area contributed by atoms with Crippen LogP contribution in [-0.4, -0.2) is 29.1 Å². The quantitative estimate of drug-likeness (QED) is 0.490. The lowest BCUT2D eigenvalue weighted by molar-refractivity contribution is -0.138. The van der Waals surface area contributed by atoms with Gasteiger partial charge in [0.1, 0.15) is 11.0 Å². The Labute approximate surface area is 159 Å². The van der Waals surface area contributed by atoms with Gasteiger partial charge < -0.3 is 22.3 Å². The molecule has 1 aromatic heterocycles. The number of rotatable bonds is 7. The summed E-state index contributed by atoms with van der Waals surface area (Å²) in [6.07, 6.45) is 3.68. The van der Waals surface area contributed by atoms with Gasteiger partial charge >= 0.3 is 12.0 Å². The van der Waals surface area contributed by atoms with E-state index >= 15 is 0 Å². The van der Waals surface area contributed by atoms with Gasteiger partial charge in [-0.2, -0.15) is 0 Å². The van der Waals surface area contributed by atoms with Gasteiger partial charge in [-0.15, -0.1) is 11.3 Å². The molecule has 9 heteroatoms. The molecular formula is C18H20N4O4S. The van der Waals surface area contributed by atoms with Gasteiger partial charge in [0.15, 0.2) is 0 Å². The van der Waals surface area contributed by atoms with Crippen molar-refractivity contribution in [3.05, 3.63) is 47.0 Å². The zero-order chi connectivity index (χ0) is 20.1. The third-order valence-electron chi connectivity index (χ3n) is 3.64. The molecule has 0 bridgehead atoms. The van der Waals surface area contributed by atoms with Crippen LogP contribution in [0.1, 0.15) is 27.9 Å². The van der Waals surface area contributed by atoms with E-state index in [4.69, 9.17) is 22.3 Å². The average molecular weight is 388 g/mol. The molecule has 1 heterocycles. The second-order valence-corrected chi connectivity index (χ2v) is 6.97. The van der Waals surface area contributed by atoms with Crippen LogP contribution in [0.4, 0.5) is 9.80 Å². The number of nitrogens with two attached hydrogens (primary N) is 3. The number of carbonyl (C=O) groups excluding carboxylic acids is 2. The molecule has 142 valence electrons. The summed E-state index contributed by atoms with van der Waals surface area (Å²) < 4.78 is 0. The number of nitrogens with one attached hydrogen (secondary N) is 1. The first kappa shape index (κ1) is 20.1. The molecule has 8 nitrogen and oxygen atoms in total. The van der Waals surface area contributed by atoms with E-state index in [0.717, 1.165) is 21.6 Å². The molecule has 0 saturated heterocycles. The van der Waals surface area contributed by atoms with Crippen LogP contribution in [0.2, 0.25) is 0 Å². The number of carbonyl (C=O) groups is 3. The number of hydrogen-bond donors (Lipinski definition) is 5. The minimum absolute atomic E-state index is 0.180. The molecule has 0 spiro atoms. The molecule has 8 N–H and O–H groups in total. The summed E-state index contributed by atoms with van der Waals surface area (Å²) in [5, 5.41) is 11.5. The van der Waals surface area contributed by atoms with Crippen LogP contribution >= 0.6 is 11.3 Å². The Morgan fingerprint density at radius 1 is 1.22 bits per heavy atom. The lowest BCUT2D eigenvalue weighted by Gasteiger charge is -2.04. The number of amides is 3. The van der Waals surface area contributed by atoms with E-state index < -0.39 is 23.9 Å². The fraction of sp³-hybridized carbons (Fsp3) is 0.167. The summed E-state index contributed by atoms with van der Waals surface area (Å²) in [6, 6.07) is 5.58. The Morgan fingerprint density at radius 3 is 2.52 bits per heavy atom. The zero-order valence-corrected chi connectivity index (χ0v) is 15.4. The van der Waals surface area contributed by atoms with E-state index in [2.05, 4.69) is 5.32 Å². The molecule has 0 fully saturated rings. The number of aliphatic carboxylic acids is 1. The van der Waals surface area contributed by atoms with Crippen molar-refractivity contribution in [2.45, 2.75) is 19.4 Å². The van der Waals surface area contributed by atoms with Crippen molar-refractivity contribution in [3.63, 3.8) is 0 Å². The Kier molecular flexibility index (Phi) is 6.32. The third-order valence-corrected chi connectivity index (χ3v) is 4.74. The fourth-order valence-corrected chi connectivity index (χ4v) is 3.48. The van der Waals surface area contributed by atoms with Crippen molar-refractivity contribution < 1.29 is 19.5 Å². The highest BCUT2D eigenvalue weighted by molar-refractivity contribution is 7.20. The highest BCUT2D eigenvalue weighted by atomic mass is 32.1. The number of carboxylic acids is 1. The Hall–Kier alpha value is -3.17. The lowest BCUT2D eigenvalue weighted by Crippen LogP contribution is -2.29. The number of benzene rings is 1. The van der Waals surface area contributed by atoms with E-state index in [9.17, 15) is 14.4 Å². The molecule has 0 aliphatic carbocycles. The molecule has 0 aliphatic heterocycles. The smallest absolute Gasteiger partial charge is 0.320 e. The second kappa shape index (κ2) is 8.47. The molecule has 0 aliphatic rings. The van der Waals surface area contributed by atoms with E-state index in [1.807, 2.05) is 25.1 Å². The number of carboxylic acid groups (broad SMARTS) is 1. The number of primary amides is 2. The summed E-state index contributed by atoms with van der Waals surface area (Å²) in [4.78, 5) is 34.2. The van der Waals surface area contributed by atoms with Crippen LogP contribution in [0.3, 0.4) is 0 Å². The van der Waals surface area contributed by atoms with Crippen molar-refractivity contribution in [2.24, 2.45) is 17.2 Å². The largest absolute Gasteiger partial charge is 0.480 e. The summed E-state index contributed by atoms with van der Waals surface area (Å²) in [6.45, 7) is 1.91. The normalized spacial score (nSPS) is 12.1. The predicted molar refractivity (Wildman–Crippen MR) is 105 cm³/mol. The highest BCUT2D eigenvalue weighted by Gasteiger charge is 2.16. The molecule has 1 aromatic carbocycles. The monoisotopic (exact) mass is 388 g/mol. The average Bonchev–Trinajstić information content (AvgIpc) is 2.97. The summed E-state index contributed by atoms with van der Waals surface area (Å²) in [5.41, 5.74) is 18.8. The van der Waals surface area contributed by atoms with Gasteiger partial charge in [0.25, 0.3) is 5.91 Å². The van der Waals surface area contributed by atoms with Crippen LogP contribution in [0.15, 0.2) is 30.3 Å². The van der Waals surface area contributed by atoms with Gasteiger partial charge in [0, 0.05) is 4.88 Å². The zero-order valence-electron chi connectivity index (χ0n) is 14.6. The van der Waals surface area contributed by atoms with Crippen molar-refractivity contribution in [1.82, 2.24) is 0 Å². The first-order valence-corrected chi connectivity index (χ1v) is 8.76. The van der Waals surface area contributed by atoms with Crippen molar-refractivity contribution in [2.75, 3.05) is 5.32 Å². The number of anilines is 1.